The third-order valence-corrected chi connectivity index (χ3v) is 4.70. The van der Waals surface area contributed by atoms with Gasteiger partial charge in [0.25, 0.3) is 0 Å². The Balaban J connectivity index is 1.92. The van der Waals surface area contributed by atoms with Crippen LogP contribution in [0.5, 0.6) is 0 Å². The van der Waals surface area contributed by atoms with Crippen molar-refractivity contribution in [2.24, 2.45) is 5.92 Å². The summed E-state index contributed by atoms with van der Waals surface area (Å²) in [7, 11) is 0. The molecule has 1 aliphatic rings. The SMILES string of the molecule is CC(C)(O)CNC(CC1CCN(C(=O)OC(C)(C)C)CC1)c1cccnc1. The van der Waals surface area contributed by atoms with Crippen molar-refractivity contribution in [2.45, 2.75) is 71.1 Å². The van der Waals surface area contributed by atoms with Crippen LogP contribution in [0.25, 0.3) is 0 Å². The van der Waals surface area contributed by atoms with E-state index in [9.17, 15) is 9.90 Å². The lowest BCUT2D eigenvalue weighted by molar-refractivity contribution is 0.0174. The topological polar surface area (TPSA) is 74.7 Å². The molecule has 0 saturated carbocycles. The number of carbonyl (C=O) groups excluding carboxylic acids is 1. The molecule has 0 aliphatic carbocycles. The van der Waals surface area contributed by atoms with E-state index in [4.69, 9.17) is 4.74 Å². The summed E-state index contributed by atoms with van der Waals surface area (Å²) in [5, 5.41) is 13.6. The van der Waals surface area contributed by atoms with Crippen molar-refractivity contribution >= 4 is 6.09 Å². The van der Waals surface area contributed by atoms with Gasteiger partial charge in [-0.2, -0.15) is 0 Å². The highest BCUT2D eigenvalue weighted by Crippen LogP contribution is 2.29. The molecule has 1 aromatic rings. The van der Waals surface area contributed by atoms with Crippen molar-refractivity contribution in [2.75, 3.05) is 19.6 Å². The Morgan fingerprint density at radius 1 is 1.33 bits per heavy atom. The summed E-state index contributed by atoms with van der Waals surface area (Å²) < 4.78 is 5.48. The van der Waals surface area contributed by atoms with Gasteiger partial charge in [-0.3, -0.25) is 4.98 Å². The van der Waals surface area contributed by atoms with E-state index in [0.29, 0.717) is 12.5 Å². The summed E-state index contributed by atoms with van der Waals surface area (Å²) >= 11 is 0. The number of likely N-dealkylation sites (tertiary alicyclic amines) is 1. The van der Waals surface area contributed by atoms with Gasteiger partial charge in [0.15, 0.2) is 0 Å². The van der Waals surface area contributed by atoms with Gasteiger partial charge in [0.05, 0.1) is 5.60 Å². The Morgan fingerprint density at radius 3 is 2.52 bits per heavy atom. The van der Waals surface area contributed by atoms with Gasteiger partial charge in [-0.05, 0) is 71.4 Å². The van der Waals surface area contributed by atoms with Crippen LogP contribution in [0.2, 0.25) is 0 Å². The first kappa shape index (κ1) is 21.6. The van der Waals surface area contributed by atoms with Crippen LogP contribution < -0.4 is 5.32 Å². The van der Waals surface area contributed by atoms with Crippen LogP contribution in [0.1, 0.15) is 65.5 Å². The zero-order valence-corrected chi connectivity index (χ0v) is 17.4. The number of carbonyl (C=O) groups is 1. The molecule has 1 atom stereocenters. The molecule has 152 valence electrons. The maximum absolute atomic E-state index is 12.2. The maximum Gasteiger partial charge on any atom is 0.410 e. The van der Waals surface area contributed by atoms with Gasteiger partial charge in [-0.15, -0.1) is 0 Å². The minimum Gasteiger partial charge on any atom is -0.444 e. The molecule has 2 rings (SSSR count). The van der Waals surface area contributed by atoms with Crippen molar-refractivity contribution < 1.29 is 14.6 Å². The third-order valence-electron chi connectivity index (χ3n) is 4.70. The Bertz CT molecular complexity index is 585. The number of ether oxygens (including phenoxy) is 1. The molecule has 1 unspecified atom stereocenters. The number of nitrogens with one attached hydrogen (secondary N) is 1. The number of nitrogens with zero attached hydrogens (tertiary/aromatic N) is 2. The van der Waals surface area contributed by atoms with E-state index in [1.54, 1.807) is 20.0 Å². The second-order valence-corrected chi connectivity index (χ2v) is 9.18. The first-order valence-electron chi connectivity index (χ1n) is 9.87. The Morgan fingerprint density at radius 2 is 2.00 bits per heavy atom. The van der Waals surface area contributed by atoms with Crippen LogP contribution in [0, 0.1) is 5.92 Å². The molecule has 0 radical (unpaired) electrons. The van der Waals surface area contributed by atoms with E-state index in [1.165, 1.54) is 0 Å². The van der Waals surface area contributed by atoms with Gasteiger partial charge in [0.1, 0.15) is 5.60 Å². The second-order valence-electron chi connectivity index (χ2n) is 9.18. The number of pyridine rings is 1. The van der Waals surface area contributed by atoms with Gasteiger partial charge >= 0.3 is 6.09 Å². The fraction of sp³-hybridized carbons (Fsp3) is 0.714. The standard InChI is InChI=1S/C21H35N3O3/c1-20(2,3)27-19(25)24-11-8-16(9-12-24)13-18(23-15-21(4,5)26)17-7-6-10-22-14-17/h6-7,10,14,16,18,23,26H,8-9,11-13,15H2,1-5H3. The largest absolute Gasteiger partial charge is 0.444 e. The average Bonchev–Trinajstić information content (AvgIpc) is 2.57. The molecule has 0 bridgehead atoms. The molecule has 6 heteroatoms. The minimum absolute atomic E-state index is 0.142. The highest BCUT2D eigenvalue weighted by Gasteiger charge is 2.29. The molecule has 0 spiro atoms. The Labute approximate surface area is 163 Å². The van der Waals surface area contributed by atoms with Crippen LogP contribution in [-0.2, 0) is 4.74 Å². The fourth-order valence-electron chi connectivity index (χ4n) is 3.30. The lowest BCUT2D eigenvalue weighted by atomic mass is 9.88. The lowest BCUT2D eigenvalue weighted by Crippen LogP contribution is -2.42. The first-order valence-corrected chi connectivity index (χ1v) is 9.87. The van der Waals surface area contributed by atoms with Gasteiger partial charge in [-0.1, -0.05) is 6.07 Å². The Kier molecular flexibility index (Phi) is 7.23. The van der Waals surface area contributed by atoms with E-state index in [1.807, 2.05) is 37.9 Å². The molecule has 1 aliphatic heterocycles. The monoisotopic (exact) mass is 377 g/mol. The van der Waals surface area contributed by atoms with Crippen molar-refractivity contribution in [3.8, 4) is 0 Å². The predicted molar refractivity (Wildman–Crippen MR) is 106 cm³/mol. The molecule has 1 amide bonds. The van der Waals surface area contributed by atoms with E-state index in [0.717, 1.165) is 37.9 Å². The maximum atomic E-state index is 12.2. The van der Waals surface area contributed by atoms with E-state index >= 15 is 0 Å². The van der Waals surface area contributed by atoms with Crippen LogP contribution >= 0.6 is 0 Å². The third kappa shape index (κ3) is 7.85. The van der Waals surface area contributed by atoms with E-state index < -0.39 is 11.2 Å². The number of aliphatic hydroxyl groups is 1. The number of hydrogen-bond acceptors (Lipinski definition) is 5. The zero-order chi connectivity index (χ0) is 20.1. The molecule has 1 saturated heterocycles. The summed E-state index contributed by atoms with van der Waals surface area (Å²) in [5.74, 6) is 0.517. The Hall–Kier alpha value is -1.66. The molecule has 2 heterocycles. The number of piperidine rings is 1. The van der Waals surface area contributed by atoms with Crippen molar-refractivity contribution in [1.82, 2.24) is 15.2 Å². The zero-order valence-electron chi connectivity index (χ0n) is 17.4. The van der Waals surface area contributed by atoms with Crippen molar-refractivity contribution in [3.05, 3.63) is 30.1 Å². The number of rotatable bonds is 6. The minimum atomic E-state index is -0.763. The molecule has 2 N–H and O–H groups in total. The van der Waals surface area contributed by atoms with Crippen LogP contribution in [0.15, 0.2) is 24.5 Å². The van der Waals surface area contributed by atoms with Crippen LogP contribution in [0.4, 0.5) is 4.79 Å². The van der Waals surface area contributed by atoms with Gasteiger partial charge < -0.3 is 20.1 Å². The van der Waals surface area contributed by atoms with E-state index in [2.05, 4.69) is 16.4 Å². The van der Waals surface area contributed by atoms with Crippen molar-refractivity contribution in [3.63, 3.8) is 0 Å². The van der Waals surface area contributed by atoms with Crippen LogP contribution in [0.3, 0.4) is 0 Å². The second kappa shape index (κ2) is 9.02. The normalized spacial score (nSPS) is 17.6. The molecule has 1 aromatic heterocycles. The van der Waals surface area contributed by atoms with Gasteiger partial charge in [0, 0.05) is 38.1 Å². The van der Waals surface area contributed by atoms with Gasteiger partial charge in [-0.25, -0.2) is 4.79 Å². The predicted octanol–water partition coefficient (Wildman–Crippen LogP) is 3.52. The summed E-state index contributed by atoms with van der Waals surface area (Å²) in [6, 6.07) is 4.16. The number of hydrogen-bond donors (Lipinski definition) is 2. The first-order chi connectivity index (χ1) is 12.5. The summed E-state index contributed by atoms with van der Waals surface area (Å²) in [6.07, 6.45) is 6.32. The summed E-state index contributed by atoms with van der Waals surface area (Å²) in [5.41, 5.74) is -0.0859. The highest BCUT2D eigenvalue weighted by molar-refractivity contribution is 5.68. The molecule has 1 fully saturated rings. The summed E-state index contributed by atoms with van der Waals surface area (Å²) in [6.45, 7) is 11.3. The van der Waals surface area contributed by atoms with Crippen molar-refractivity contribution in [1.29, 1.82) is 0 Å². The quantitative estimate of drug-likeness (QED) is 0.793. The molecular formula is C21H35N3O3. The number of amides is 1. The smallest absolute Gasteiger partial charge is 0.410 e. The molecule has 6 nitrogen and oxygen atoms in total. The molecule has 27 heavy (non-hydrogen) atoms. The fourth-order valence-corrected chi connectivity index (χ4v) is 3.30. The van der Waals surface area contributed by atoms with E-state index in [-0.39, 0.29) is 12.1 Å². The van der Waals surface area contributed by atoms with Gasteiger partial charge in [0.2, 0.25) is 0 Å². The molecule has 0 aromatic carbocycles. The van der Waals surface area contributed by atoms with Crippen LogP contribution in [-0.4, -0.2) is 51.9 Å². The summed E-state index contributed by atoms with van der Waals surface area (Å²) in [4.78, 5) is 18.3. The number of aromatic nitrogens is 1. The average molecular weight is 378 g/mol. The lowest BCUT2D eigenvalue weighted by Gasteiger charge is -2.35. The highest BCUT2D eigenvalue weighted by atomic mass is 16.6. The molecular weight excluding hydrogens is 342 g/mol.